The van der Waals surface area contributed by atoms with Crippen molar-refractivity contribution in [3.8, 4) is 22.5 Å². The summed E-state index contributed by atoms with van der Waals surface area (Å²) in [5.74, 6) is -1.95. The summed E-state index contributed by atoms with van der Waals surface area (Å²) < 4.78 is 15.6. The lowest BCUT2D eigenvalue weighted by molar-refractivity contribution is -0.767. The molecular weight excluding hydrogens is 600 g/mol. The molecule has 0 radical (unpaired) electrons. The van der Waals surface area contributed by atoms with Crippen LogP contribution >= 0.6 is 0 Å². The van der Waals surface area contributed by atoms with Gasteiger partial charge in [0.2, 0.25) is 11.7 Å². The van der Waals surface area contributed by atoms with Crippen LogP contribution in [0.25, 0.3) is 22.5 Å². The first-order valence-corrected chi connectivity index (χ1v) is 14.9. The van der Waals surface area contributed by atoms with Gasteiger partial charge in [-0.2, -0.15) is 5.21 Å². The Labute approximate surface area is 264 Å². The van der Waals surface area contributed by atoms with E-state index in [2.05, 4.69) is 25.5 Å². The van der Waals surface area contributed by atoms with E-state index in [0.29, 0.717) is 12.2 Å². The van der Waals surface area contributed by atoms with Crippen LogP contribution in [0.3, 0.4) is 0 Å². The standard InChI is InChI=1S/C31H36N6O9/c1-5-6-11-27(38)36(17-21-12-14-22(15-13-21)23-9-7-8-10-24(23)29-32-34-35-33-29)28(19(2)3)30(39)43-18-26-25(44-31(40)45-26)16-20(4)46-37(41)42/h7-10,12-15,19-20,28H,5-6,11,16-18H2,1-4H3,(H,32,33,34,35)/t20-,28-/m0/s1. The zero-order valence-electron chi connectivity index (χ0n) is 26.0. The fourth-order valence-electron chi connectivity index (χ4n) is 5.03. The first-order valence-electron chi connectivity index (χ1n) is 14.9. The summed E-state index contributed by atoms with van der Waals surface area (Å²) in [7, 11) is 0. The SMILES string of the molecule is CCCCC(=O)N(Cc1ccc(-c2ccccc2-c2nn[nH]n2)cc1)[C@H](C(=O)OCc1oc(=O)oc1C[C@H](C)O[N+](=O)[O-])C(C)C. The van der Waals surface area contributed by atoms with Crippen LogP contribution in [0, 0.1) is 16.0 Å². The number of nitrogens with zero attached hydrogens (tertiary/aromatic N) is 5. The van der Waals surface area contributed by atoms with Crippen molar-refractivity contribution >= 4 is 11.9 Å². The Hall–Kier alpha value is -5.34. The van der Waals surface area contributed by atoms with Crippen LogP contribution in [0.15, 0.2) is 62.2 Å². The number of nitrogens with one attached hydrogen (secondary N) is 1. The zero-order chi connectivity index (χ0) is 33.2. The van der Waals surface area contributed by atoms with Gasteiger partial charge in [-0.05, 0) is 41.2 Å². The normalized spacial score (nSPS) is 12.5. The van der Waals surface area contributed by atoms with Crippen molar-refractivity contribution in [1.82, 2.24) is 25.5 Å². The maximum absolute atomic E-state index is 13.5. The molecule has 0 spiro atoms. The molecule has 46 heavy (non-hydrogen) atoms. The van der Waals surface area contributed by atoms with Gasteiger partial charge in [0.1, 0.15) is 12.1 Å². The van der Waals surface area contributed by atoms with Crippen LogP contribution in [-0.4, -0.2) is 54.6 Å². The number of hydrogen-bond acceptors (Lipinski definition) is 12. The van der Waals surface area contributed by atoms with Crippen molar-refractivity contribution in [3.63, 3.8) is 0 Å². The molecule has 1 N–H and O–H groups in total. The monoisotopic (exact) mass is 636 g/mol. The molecule has 1 amide bonds. The van der Waals surface area contributed by atoms with E-state index in [1.54, 1.807) is 0 Å². The number of ether oxygens (including phenoxy) is 1. The Morgan fingerprint density at radius 1 is 1.04 bits per heavy atom. The van der Waals surface area contributed by atoms with Gasteiger partial charge in [-0.1, -0.05) is 75.7 Å². The first-order chi connectivity index (χ1) is 22.1. The Bertz CT molecular complexity index is 1660. The predicted molar refractivity (Wildman–Crippen MR) is 162 cm³/mol. The van der Waals surface area contributed by atoms with Gasteiger partial charge in [-0.15, -0.1) is 20.3 Å². The molecule has 2 atom stereocenters. The number of hydrogen-bond donors (Lipinski definition) is 1. The zero-order valence-corrected chi connectivity index (χ0v) is 26.0. The quantitative estimate of drug-likeness (QED) is 0.103. The molecule has 0 saturated heterocycles. The lowest BCUT2D eigenvalue weighted by Crippen LogP contribution is -2.48. The summed E-state index contributed by atoms with van der Waals surface area (Å²) in [5.41, 5.74) is 3.41. The summed E-state index contributed by atoms with van der Waals surface area (Å²) >= 11 is 0. The van der Waals surface area contributed by atoms with Gasteiger partial charge in [0.15, 0.2) is 18.1 Å². The molecule has 4 rings (SSSR count). The number of esters is 1. The lowest BCUT2D eigenvalue weighted by Gasteiger charge is -2.33. The second-order valence-electron chi connectivity index (χ2n) is 11.0. The summed E-state index contributed by atoms with van der Waals surface area (Å²) in [6.45, 7) is 6.69. The number of H-pyrrole nitrogens is 1. The molecule has 0 bridgehead atoms. The third-order valence-electron chi connectivity index (χ3n) is 7.21. The Morgan fingerprint density at radius 3 is 2.37 bits per heavy atom. The number of aromatic amines is 1. The van der Waals surface area contributed by atoms with E-state index in [1.165, 1.54) is 11.8 Å². The minimum atomic E-state index is -1.05. The Balaban J connectivity index is 1.54. The molecule has 15 nitrogen and oxygen atoms in total. The minimum Gasteiger partial charge on any atom is -0.456 e. The lowest BCUT2D eigenvalue weighted by atomic mass is 9.97. The average molecular weight is 637 g/mol. The van der Waals surface area contributed by atoms with E-state index in [0.717, 1.165) is 28.7 Å². The predicted octanol–water partition coefficient (Wildman–Crippen LogP) is 4.51. The summed E-state index contributed by atoms with van der Waals surface area (Å²) in [5, 5.41) is 24.0. The number of carbonyl (C=O) groups excluding carboxylic acids is 2. The molecule has 0 aliphatic rings. The van der Waals surface area contributed by atoms with Crippen LogP contribution < -0.4 is 5.82 Å². The molecule has 4 aromatic rings. The van der Waals surface area contributed by atoms with Crippen molar-refractivity contribution < 1.29 is 33.1 Å². The average Bonchev–Trinajstić information content (AvgIpc) is 3.68. The van der Waals surface area contributed by atoms with Gasteiger partial charge in [0.05, 0.1) is 0 Å². The summed E-state index contributed by atoms with van der Waals surface area (Å²) in [6, 6.07) is 14.4. The molecule has 0 aliphatic carbocycles. The topological polar surface area (TPSA) is 197 Å². The number of amides is 1. The van der Waals surface area contributed by atoms with Gasteiger partial charge in [0.25, 0.3) is 5.09 Å². The molecule has 244 valence electrons. The van der Waals surface area contributed by atoms with Gasteiger partial charge >= 0.3 is 11.8 Å². The second kappa shape index (κ2) is 15.6. The molecule has 15 heteroatoms. The third kappa shape index (κ3) is 8.64. The molecule has 0 saturated carbocycles. The molecule has 0 fully saturated rings. The van der Waals surface area contributed by atoms with Gasteiger partial charge in [-0.25, -0.2) is 9.59 Å². The maximum atomic E-state index is 13.5. The summed E-state index contributed by atoms with van der Waals surface area (Å²) in [6.07, 6.45) is 0.586. The van der Waals surface area contributed by atoms with Crippen molar-refractivity contribution in [2.75, 3.05) is 0 Å². The molecular formula is C31H36N6O9. The number of aromatic nitrogens is 4. The molecule has 2 aromatic heterocycles. The largest absolute Gasteiger partial charge is 0.519 e. The van der Waals surface area contributed by atoms with E-state index in [9.17, 15) is 24.5 Å². The van der Waals surface area contributed by atoms with Crippen LogP contribution in [0.2, 0.25) is 0 Å². The number of rotatable bonds is 16. The molecule has 2 aromatic carbocycles. The minimum absolute atomic E-state index is 0.0369. The molecule has 2 heterocycles. The van der Waals surface area contributed by atoms with Gasteiger partial charge < -0.3 is 23.3 Å². The Kier molecular flexibility index (Phi) is 11.4. The van der Waals surface area contributed by atoms with Gasteiger partial charge in [-0.3, -0.25) is 4.79 Å². The maximum Gasteiger partial charge on any atom is 0.519 e. The highest BCUT2D eigenvalue weighted by Crippen LogP contribution is 2.30. The fourth-order valence-corrected chi connectivity index (χ4v) is 5.03. The highest BCUT2D eigenvalue weighted by molar-refractivity contribution is 5.85. The van der Waals surface area contributed by atoms with E-state index >= 15 is 0 Å². The van der Waals surface area contributed by atoms with Gasteiger partial charge in [0, 0.05) is 24.9 Å². The van der Waals surface area contributed by atoms with E-state index in [4.69, 9.17) is 13.6 Å². The fraction of sp³-hybridized carbons (Fsp3) is 0.419. The number of unbranched alkanes of at least 4 members (excludes halogenated alkanes) is 1. The summed E-state index contributed by atoms with van der Waals surface area (Å²) in [4.78, 5) is 55.5. The second-order valence-corrected chi connectivity index (χ2v) is 11.0. The van der Waals surface area contributed by atoms with Crippen LogP contribution in [-0.2, 0) is 38.7 Å². The third-order valence-corrected chi connectivity index (χ3v) is 7.21. The van der Waals surface area contributed by atoms with Crippen LogP contribution in [0.4, 0.5) is 0 Å². The van der Waals surface area contributed by atoms with Crippen molar-refractivity contribution in [2.24, 2.45) is 5.92 Å². The van der Waals surface area contributed by atoms with E-state index in [1.807, 2.05) is 69.3 Å². The molecule has 0 unspecified atom stereocenters. The number of benzene rings is 2. The van der Waals surface area contributed by atoms with E-state index in [-0.39, 0.29) is 42.7 Å². The smallest absolute Gasteiger partial charge is 0.456 e. The van der Waals surface area contributed by atoms with Crippen LogP contribution in [0.1, 0.15) is 64.0 Å². The Morgan fingerprint density at radius 2 is 1.74 bits per heavy atom. The van der Waals surface area contributed by atoms with Crippen molar-refractivity contribution in [3.05, 3.63) is 86.3 Å². The highest BCUT2D eigenvalue weighted by Gasteiger charge is 2.34. The number of tetrazole rings is 1. The number of carbonyl (C=O) groups is 2. The molecule has 0 aliphatic heterocycles. The van der Waals surface area contributed by atoms with Crippen LogP contribution in [0.5, 0.6) is 0 Å². The highest BCUT2D eigenvalue weighted by atomic mass is 17.0. The van der Waals surface area contributed by atoms with E-state index < -0.39 is 35.6 Å². The van der Waals surface area contributed by atoms with Crippen molar-refractivity contribution in [2.45, 2.75) is 78.7 Å². The first kappa shape index (κ1) is 33.6. The van der Waals surface area contributed by atoms with Crippen molar-refractivity contribution in [1.29, 1.82) is 0 Å².